The van der Waals surface area contributed by atoms with Crippen molar-refractivity contribution in [1.82, 2.24) is 0 Å². The van der Waals surface area contributed by atoms with Crippen molar-refractivity contribution >= 4 is 43.1 Å². The molecule has 13 aromatic carbocycles. The summed E-state index contributed by atoms with van der Waals surface area (Å²) in [7, 11) is 0. The van der Waals surface area contributed by atoms with E-state index in [1.54, 1.807) is 0 Å². The molecule has 72 heavy (non-hydrogen) atoms. The lowest BCUT2D eigenvalue weighted by Gasteiger charge is -2.23. The van der Waals surface area contributed by atoms with E-state index >= 15 is 0 Å². The van der Waals surface area contributed by atoms with Gasteiger partial charge in [-0.25, -0.2) is 0 Å². The molecule has 0 atom stereocenters. The van der Waals surface area contributed by atoms with Crippen LogP contribution in [0.15, 0.2) is 291 Å². The predicted octanol–water partition coefficient (Wildman–Crippen LogP) is 19.3. The normalized spacial score (nSPS) is 11.6. The summed E-state index contributed by atoms with van der Waals surface area (Å²) in [6.07, 6.45) is 0. The fraction of sp³-hybridized carbons (Fsp3) is 0.0278. The molecule has 0 aliphatic rings. The number of benzene rings is 13. The Morgan fingerprint density at radius 2 is 0.347 bits per heavy atom. The van der Waals surface area contributed by atoms with E-state index in [-0.39, 0.29) is 11.8 Å². The maximum Gasteiger partial charge on any atom is 0.0339 e. The Hall–Kier alpha value is -9.10. The molecular weight excluding hydrogens is 865 g/mol. The first-order chi connectivity index (χ1) is 35.8. The molecule has 0 aliphatic heterocycles. The lowest BCUT2D eigenvalue weighted by molar-refractivity contribution is 0.978. The van der Waals surface area contributed by atoms with Gasteiger partial charge in [0.2, 0.25) is 0 Å². The Kier molecular flexibility index (Phi) is 11.1. The van der Waals surface area contributed by atoms with Crippen LogP contribution >= 0.6 is 0 Å². The SMILES string of the molecule is c1ccc(-c2c3ccccc3c(-c3ccccc3)c3cc4c(-c5ccc(C(c6ccccc6)c6ccccc6)cc5)c5ccccc5c(-c5ccc(C(c6ccccc6)c6ccccc6)cc5)c4cc23)cc1. The zero-order valence-electron chi connectivity index (χ0n) is 39.9. The van der Waals surface area contributed by atoms with Crippen molar-refractivity contribution in [3.8, 4) is 44.5 Å². The quantitative estimate of drug-likeness (QED) is 0.0947. The monoisotopic (exact) mass is 914 g/mol. The summed E-state index contributed by atoms with van der Waals surface area (Å²) in [6.45, 7) is 0. The number of rotatable bonds is 10. The van der Waals surface area contributed by atoms with Gasteiger partial charge in [-0.1, -0.05) is 279 Å². The highest BCUT2D eigenvalue weighted by molar-refractivity contribution is 6.29. The molecule has 0 saturated carbocycles. The molecule has 0 heteroatoms. The summed E-state index contributed by atoms with van der Waals surface area (Å²) in [5.41, 5.74) is 17.5. The van der Waals surface area contributed by atoms with Crippen LogP contribution in [-0.4, -0.2) is 0 Å². The van der Waals surface area contributed by atoms with E-state index in [1.165, 1.54) is 121 Å². The molecule has 13 aromatic rings. The summed E-state index contributed by atoms with van der Waals surface area (Å²) < 4.78 is 0. The maximum absolute atomic E-state index is 2.54. The zero-order valence-corrected chi connectivity index (χ0v) is 39.9. The van der Waals surface area contributed by atoms with Crippen LogP contribution in [0.25, 0.3) is 87.6 Å². The molecule has 0 aromatic heterocycles. The van der Waals surface area contributed by atoms with E-state index in [9.17, 15) is 0 Å². The minimum atomic E-state index is 0.103. The van der Waals surface area contributed by atoms with Crippen LogP contribution in [0.5, 0.6) is 0 Å². The largest absolute Gasteiger partial charge is 0.0622 e. The third-order valence-electron chi connectivity index (χ3n) is 14.9. The third kappa shape index (κ3) is 7.66. The van der Waals surface area contributed by atoms with E-state index in [0.717, 1.165) is 0 Å². The second-order valence-corrected chi connectivity index (χ2v) is 19.0. The van der Waals surface area contributed by atoms with Crippen molar-refractivity contribution in [3.05, 3.63) is 325 Å². The summed E-state index contributed by atoms with van der Waals surface area (Å²) in [6, 6.07) is 108. The first-order valence-electron chi connectivity index (χ1n) is 25.1. The Morgan fingerprint density at radius 1 is 0.153 bits per heavy atom. The lowest BCUT2D eigenvalue weighted by atomic mass is 9.80. The van der Waals surface area contributed by atoms with Crippen molar-refractivity contribution in [1.29, 1.82) is 0 Å². The summed E-state index contributed by atoms with van der Waals surface area (Å²) >= 11 is 0. The van der Waals surface area contributed by atoms with Gasteiger partial charge in [0.25, 0.3) is 0 Å². The molecule has 0 nitrogen and oxygen atoms in total. The minimum absolute atomic E-state index is 0.103. The van der Waals surface area contributed by atoms with Crippen molar-refractivity contribution in [3.63, 3.8) is 0 Å². The molecular formula is C72H50. The first kappa shape index (κ1) is 43.0. The van der Waals surface area contributed by atoms with Crippen LogP contribution in [0.3, 0.4) is 0 Å². The molecule has 0 N–H and O–H groups in total. The highest BCUT2D eigenvalue weighted by Crippen LogP contribution is 2.50. The Balaban J connectivity index is 1.11. The van der Waals surface area contributed by atoms with E-state index in [4.69, 9.17) is 0 Å². The van der Waals surface area contributed by atoms with Crippen molar-refractivity contribution in [2.24, 2.45) is 0 Å². The van der Waals surface area contributed by atoms with Gasteiger partial charge in [0, 0.05) is 11.8 Å². The summed E-state index contributed by atoms with van der Waals surface area (Å²) in [4.78, 5) is 0. The van der Waals surface area contributed by atoms with Gasteiger partial charge in [-0.05, 0) is 133 Å². The molecule has 0 spiro atoms. The summed E-state index contributed by atoms with van der Waals surface area (Å²) in [5.74, 6) is 0.205. The minimum Gasteiger partial charge on any atom is -0.0622 e. The topological polar surface area (TPSA) is 0 Å². The number of hydrogen-bond donors (Lipinski definition) is 0. The highest BCUT2D eigenvalue weighted by Gasteiger charge is 2.24. The van der Waals surface area contributed by atoms with Gasteiger partial charge in [0.1, 0.15) is 0 Å². The van der Waals surface area contributed by atoms with Crippen LogP contribution in [0.2, 0.25) is 0 Å². The zero-order chi connectivity index (χ0) is 47.8. The molecule has 0 aliphatic carbocycles. The maximum atomic E-state index is 2.54. The molecule has 0 amide bonds. The fourth-order valence-corrected chi connectivity index (χ4v) is 11.7. The summed E-state index contributed by atoms with van der Waals surface area (Å²) in [5, 5.41) is 9.89. The lowest BCUT2D eigenvalue weighted by Crippen LogP contribution is -2.03. The number of hydrogen-bond acceptors (Lipinski definition) is 0. The van der Waals surface area contributed by atoms with Gasteiger partial charge in [-0.3, -0.25) is 0 Å². The van der Waals surface area contributed by atoms with Crippen molar-refractivity contribution in [2.75, 3.05) is 0 Å². The molecule has 0 bridgehead atoms. The Labute approximate surface area is 421 Å². The van der Waals surface area contributed by atoms with E-state index in [2.05, 4.69) is 291 Å². The number of fused-ring (bicyclic) bond motifs is 4. The molecule has 0 saturated heterocycles. The van der Waals surface area contributed by atoms with Crippen LogP contribution in [0.1, 0.15) is 45.2 Å². The predicted molar refractivity (Wildman–Crippen MR) is 306 cm³/mol. The molecule has 13 rings (SSSR count). The van der Waals surface area contributed by atoms with Crippen molar-refractivity contribution in [2.45, 2.75) is 11.8 Å². The first-order valence-corrected chi connectivity index (χ1v) is 25.1. The van der Waals surface area contributed by atoms with Crippen LogP contribution in [0, 0.1) is 0 Å². The van der Waals surface area contributed by atoms with E-state index in [1.807, 2.05) is 0 Å². The third-order valence-corrected chi connectivity index (χ3v) is 14.9. The smallest absolute Gasteiger partial charge is 0.0339 e. The van der Waals surface area contributed by atoms with Gasteiger partial charge in [0.15, 0.2) is 0 Å². The highest BCUT2D eigenvalue weighted by atomic mass is 14.3. The van der Waals surface area contributed by atoms with E-state index in [0.29, 0.717) is 0 Å². The molecule has 0 radical (unpaired) electrons. The average molecular weight is 915 g/mol. The van der Waals surface area contributed by atoms with Crippen LogP contribution in [0.4, 0.5) is 0 Å². The van der Waals surface area contributed by atoms with Gasteiger partial charge >= 0.3 is 0 Å². The fourth-order valence-electron chi connectivity index (χ4n) is 11.7. The van der Waals surface area contributed by atoms with Gasteiger partial charge in [-0.15, -0.1) is 0 Å². The molecule has 0 unspecified atom stereocenters. The van der Waals surface area contributed by atoms with Gasteiger partial charge in [0.05, 0.1) is 0 Å². The van der Waals surface area contributed by atoms with E-state index < -0.39 is 0 Å². The molecule has 338 valence electrons. The van der Waals surface area contributed by atoms with Gasteiger partial charge < -0.3 is 0 Å². The second kappa shape index (κ2) is 18.7. The average Bonchev–Trinajstić information content (AvgIpc) is 3.45. The van der Waals surface area contributed by atoms with Crippen molar-refractivity contribution < 1.29 is 0 Å². The Bertz CT molecular complexity index is 3670. The standard InChI is InChI=1S/C72H50/c1-7-23-49(24-8-1)67(50-25-9-2-10-26-50)55-39-43-57(44-40-55)71-61-37-21-22-38-62(61)72(58-45-41-56(42-46-58)68(51-27-11-3-12-28-51)52-29-13-4-14-30-52)66-48-64-63(47-65(66)71)69(53-31-15-5-16-32-53)59-35-19-20-36-60(59)70(64)54-33-17-6-18-34-54/h1-48,67-68H. The Morgan fingerprint density at radius 3 is 0.597 bits per heavy atom. The molecule has 0 heterocycles. The van der Waals surface area contributed by atoms with Crippen LogP contribution < -0.4 is 0 Å². The molecule has 0 fully saturated rings. The van der Waals surface area contributed by atoms with Crippen LogP contribution in [-0.2, 0) is 0 Å². The van der Waals surface area contributed by atoms with Gasteiger partial charge in [-0.2, -0.15) is 0 Å². The second-order valence-electron chi connectivity index (χ2n) is 19.0.